The summed E-state index contributed by atoms with van der Waals surface area (Å²) in [4.78, 5) is 38.6. The number of nitrogens with one attached hydrogen (secondary N) is 2. The van der Waals surface area contributed by atoms with E-state index in [1.54, 1.807) is 29.7 Å². The second-order valence-corrected chi connectivity index (χ2v) is 13.5. The zero-order valence-electron chi connectivity index (χ0n) is 27.5. The van der Waals surface area contributed by atoms with Crippen LogP contribution >= 0.6 is 0 Å². The van der Waals surface area contributed by atoms with E-state index in [9.17, 15) is 4.79 Å². The number of piperidine rings is 1. The number of nitrogens with zero attached hydrogens (tertiary/aromatic N) is 6. The molecule has 0 saturated carbocycles. The van der Waals surface area contributed by atoms with E-state index in [0.29, 0.717) is 30.2 Å². The molecule has 2 N–H and O–H groups in total. The number of carbonyl (C=O) groups is 1. The van der Waals surface area contributed by atoms with Crippen LogP contribution in [0.25, 0.3) is 0 Å². The van der Waals surface area contributed by atoms with Crippen molar-refractivity contribution in [1.82, 2.24) is 39.5 Å². The van der Waals surface area contributed by atoms with Gasteiger partial charge in [-0.2, -0.15) is 0 Å². The molecule has 0 bridgehead atoms. The molecule has 4 heterocycles. The number of aromatic nitrogens is 4. The molecule has 1 atom stereocenters. The van der Waals surface area contributed by atoms with Crippen LogP contribution in [0.2, 0.25) is 0 Å². The zero-order chi connectivity index (χ0) is 30.9. The molecule has 1 amide bonds. The van der Waals surface area contributed by atoms with Crippen molar-refractivity contribution in [1.29, 1.82) is 0 Å². The van der Waals surface area contributed by atoms with Gasteiger partial charge < -0.3 is 14.9 Å². The predicted octanol–water partition coefficient (Wildman–Crippen LogP) is 5.55. The second-order valence-electron chi connectivity index (χ2n) is 13.5. The summed E-state index contributed by atoms with van der Waals surface area (Å²) in [6.45, 7) is 18.3. The van der Waals surface area contributed by atoms with E-state index in [0.717, 1.165) is 37.2 Å². The highest BCUT2D eigenvalue weighted by molar-refractivity contribution is 5.94. The lowest BCUT2D eigenvalue weighted by Crippen LogP contribution is -2.68. The molecule has 2 aromatic heterocycles. The Morgan fingerprint density at radius 2 is 1.64 bits per heavy atom. The van der Waals surface area contributed by atoms with Gasteiger partial charge in [0.2, 0.25) is 0 Å². The van der Waals surface area contributed by atoms with Crippen molar-refractivity contribution < 1.29 is 4.79 Å². The maximum Gasteiger partial charge on any atom is 0.254 e. The second kappa shape index (κ2) is 15.3. The minimum atomic E-state index is -0.0267. The monoisotopic (exact) mass is 602 g/mol. The quantitative estimate of drug-likeness (QED) is 0.252. The van der Waals surface area contributed by atoms with E-state index in [2.05, 4.69) is 74.5 Å². The summed E-state index contributed by atoms with van der Waals surface area (Å²) < 4.78 is 0. The van der Waals surface area contributed by atoms with Crippen LogP contribution in [-0.2, 0) is 19.6 Å². The fourth-order valence-electron chi connectivity index (χ4n) is 7.29. The summed E-state index contributed by atoms with van der Waals surface area (Å²) in [7, 11) is 0. The van der Waals surface area contributed by atoms with Crippen LogP contribution < -0.4 is 0 Å². The number of rotatable bonds is 14. The van der Waals surface area contributed by atoms with Crippen molar-refractivity contribution in [3.05, 3.63) is 71.8 Å². The average molecular weight is 603 g/mol. The molecule has 0 radical (unpaired) electrons. The lowest BCUT2D eigenvalue weighted by atomic mass is 9.80. The summed E-state index contributed by atoms with van der Waals surface area (Å²) in [5.41, 5.74) is 2.25. The van der Waals surface area contributed by atoms with Gasteiger partial charge in [-0.25, -0.2) is 9.97 Å². The van der Waals surface area contributed by atoms with Gasteiger partial charge in [0.1, 0.15) is 11.6 Å². The van der Waals surface area contributed by atoms with E-state index >= 15 is 0 Å². The number of aromatic amines is 2. The number of H-pyrrole nitrogens is 2. The third kappa shape index (κ3) is 8.17. The number of amides is 1. The Labute approximate surface area is 264 Å². The largest absolute Gasteiger partial charge is 0.347 e. The Bertz CT molecular complexity index is 1210. The first-order chi connectivity index (χ1) is 21.4. The lowest BCUT2D eigenvalue weighted by Gasteiger charge is -2.57. The van der Waals surface area contributed by atoms with Gasteiger partial charge in [0.15, 0.2) is 0 Å². The van der Waals surface area contributed by atoms with Crippen LogP contribution in [0.1, 0.15) is 93.8 Å². The van der Waals surface area contributed by atoms with Crippen LogP contribution in [-0.4, -0.2) is 96.3 Å². The molecule has 9 nitrogen and oxygen atoms in total. The third-order valence-electron chi connectivity index (χ3n) is 9.62. The Morgan fingerprint density at radius 1 is 0.977 bits per heavy atom. The van der Waals surface area contributed by atoms with Gasteiger partial charge in [0.25, 0.3) is 5.91 Å². The van der Waals surface area contributed by atoms with Crippen LogP contribution in [0.4, 0.5) is 0 Å². The molecule has 2 aliphatic heterocycles. The summed E-state index contributed by atoms with van der Waals surface area (Å²) in [6.07, 6.45) is 14.5. The molecule has 2 saturated heterocycles. The molecular formula is C35H54N8O. The van der Waals surface area contributed by atoms with Crippen LogP contribution in [0.5, 0.6) is 0 Å². The predicted molar refractivity (Wildman–Crippen MR) is 176 cm³/mol. The van der Waals surface area contributed by atoms with E-state index in [1.165, 1.54) is 70.3 Å². The highest BCUT2D eigenvalue weighted by Crippen LogP contribution is 2.36. The summed E-state index contributed by atoms with van der Waals surface area (Å²) in [5.74, 6) is 2.22. The molecule has 1 aromatic carbocycles. The Kier molecular flexibility index (Phi) is 11.3. The Morgan fingerprint density at radius 3 is 2.18 bits per heavy atom. The molecule has 44 heavy (non-hydrogen) atoms. The molecule has 0 aliphatic carbocycles. The van der Waals surface area contributed by atoms with Crippen LogP contribution in [0.3, 0.4) is 0 Å². The fraction of sp³-hybridized carbons (Fsp3) is 0.629. The molecule has 240 valence electrons. The van der Waals surface area contributed by atoms with E-state index < -0.39 is 0 Å². The molecule has 9 heteroatoms. The van der Waals surface area contributed by atoms with Gasteiger partial charge >= 0.3 is 0 Å². The first kappa shape index (κ1) is 32.4. The fourth-order valence-corrected chi connectivity index (χ4v) is 7.29. The minimum Gasteiger partial charge on any atom is -0.347 e. The number of benzene rings is 1. The van der Waals surface area contributed by atoms with E-state index in [4.69, 9.17) is 0 Å². The number of imidazole rings is 2. The molecular weight excluding hydrogens is 548 g/mol. The molecule has 2 fully saturated rings. The molecule has 5 rings (SSSR count). The summed E-state index contributed by atoms with van der Waals surface area (Å²) in [5, 5.41) is 0. The number of hydrogen-bond donors (Lipinski definition) is 2. The SMILES string of the molecule is CCCCN1C[C@H](CC(C)C)N(CCC)CC12CCN(Cc1ccc(C(=O)N(Cc3ncc[nH]3)Cc3ncc[nH]3)cc1)CC2. The average Bonchev–Trinajstić information content (AvgIpc) is 3.74. The number of likely N-dealkylation sites (tertiary alicyclic amines) is 1. The van der Waals surface area contributed by atoms with Crippen molar-refractivity contribution in [3.8, 4) is 0 Å². The van der Waals surface area contributed by atoms with Crippen molar-refractivity contribution in [2.24, 2.45) is 5.92 Å². The van der Waals surface area contributed by atoms with Crippen LogP contribution in [0, 0.1) is 5.92 Å². The zero-order valence-corrected chi connectivity index (χ0v) is 27.5. The number of hydrogen-bond acceptors (Lipinski definition) is 6. The number of carbonyl (C=O) groups excluding carboxylic acids is 1. The van der Waals surface area contributed by atoms with E-state index in [1.807, 2.05) is 12.1 Å². The molecule has 0 unspecified atom stereocenters. The van der Waals surface area contributed by atoms with Gasteiger partial charge in [0, 0.05) is 74.7 Å². The number of unbranched alkanes of at least 4 members (excludes halogenated alkanes) is 1. The van der Waals surface area contributed by atoms with Gasteiger partial charge in [-0.3, -0.25) is 19.5 Å². The topological polar surface area (TPSA) is 87.4 Å². The van der Waals surface area contributed by atoms with Crippen molar-refractivity contribution in [2.75, 3.05) is 39.3 Å². The smallest absolute Gasteiger partial charge is 0.254 e. The summed E-state index contributed by atoms with van der Waals surface area (Å²) in [6, 6.07) is 8.90. The van der Waals surface area contributed by atoms with E-state index in [-0.39, 0.29) is 5.91 Å². The van der Waals surface area contributed by atoms with Crippen molar-refractivity contribution >= 4 is 5.91 Å². The van der Waals surface area contributed by atoms with Gasteiger partial charge in [-0.05, 0) is 68.8 Å². The van der Waals surface area contributed by atoms with Crippen LogP contribution in [0.15, 0.2) is 49.1 Å². The third-order valence-corrected chi connectivity index (χ3v) is 9.62. The highest BCUT2D eigenvalue weighted by atomic mass is 16.2. The minimum absolute atomic E-state index is 0.0267. The van der Waals surface area contributed by atoms with Crippen molar-refractivity contribution in [3.63, 3.8) is 0 Å². The maximum absolute atomic E-state index is 13.6. The summed E-state index contributed by atoms with van der Waals surface area (Å²) >= 11 is 0. The Hall–Kier alpha value is -3.01. The Balaban J connectivity index is 1.21. The lowest BCUT2D eigenvalue weighted by molar-refractivity contribution is -0.0724. The van der Waals surface area contributed by atoms with Gasteiger partial charge in [-0.15, -0.1) is 0 Å². The molecule has 3 aromatic rings. The van der Waals surface area contributed by atoms with Gasteiger partial charge in [0.05, 0.1) is 13.1 Å². The van der Waals surface area contributed by atoms with Gasteiger partial charge in [-0.1, -0.05) is 46.2 Å². The maximum atomic E-state index is 13.6. The normalized spacial score (nSPS) is 19.6. The first-order valence-electron chi connectivity index (χ1n) is 16.9. The molecule has 2 aliphatic rings. The molecule has 1 spiro atoms. The first-order valence-corrected chi connectivity index (χ1v) is 16.9. The highest BCUT2D eigenvalue weighted by Gasteiger charge is 2.46. The standard InChI is InChI=1S/C35H54N8O/c1-5-7-19-43-24-31(22-28(3)4)41(18-6-2)27-35(43)12-20-40(21-13-35)23-29-8-10-30(11-9-29)34(44)42(25-32-36-14-15-37-32)26-33-38-16-17-39-33/h8-11,14-17,28,31H,5-7,12-13,18-27H2,1-4H3,(H,36,37)(H,38,39)/t31-/m0/s1. The number of piperazine rings is 1. The van der Waals surface area contributed by atoms with Crippen molar-refractivity contribution in [2.45, 2.75) is 97.4 Å².